The van der Waals surface area contributed by atoms with Crippen molar-refractivity contribution in [2.45, 2.75) is 19.3 Å². The summed E-state index contributed by atoms with van der Waals surface area (Å²) in [5, 5.41) is 34.9. The van der Waals surface area contributed by atoms with Gasteiger partial charge in [-0.1, -0.05) is 24.3 Å². The molecule has 0 radical (unpaired) electrons. The summed E-state index contributed by atoms with van der Waals surface area (Å²) in [6, 6.07) is 9.34. The van der Waals surface area contributed by atoms with Crippen LogP contribution in [0.5, 0.6) is 23.0 Å². The summed E-state index contributed by atoms with van der Waals surface area (Å²) in [4.78, 5) is 43.1. The highest BCUT2D eigenvalue weighted by Gasteiger charge is 2.06. The number of benzene rings is 2. The Morgan fingerprint density at radius 2 is 1.09 bits per heavy atom. The highest BCUT2D eigenvalue weighted by Crippen LogP contribution is 2.27. The number of carbonyl (C=O) groups excluding carboxylic acids is 2. The van der Waals surface area contributed by atoms with Crippen LogP contribution in [-0.2, 0) is 19.2 Å². The number of carboxylic acid groups (broad SMARTS) is 2. The van der Waals surface area contributed by atoms with Gasteiger partial charge in [0.25, 0.3) is 0 Å². The first-order valence-electron chi connectivity index (χ1n) is 10.1. The van der Waals surface area contributed by atoms with Crippen LogP contribution >= 0.6 is 0 Å². The van der Waals surface area contributed by atoms with Crippen molar-refractivity contribution in [3.05, 3.63) is 59.7 Å². The fourth-order valence-corrected chi connectivity index (χ4v) is 2.48. The summed E-state index contributed by atoms with van der Waals surface area (Å²) < 4.78 is 10.00. The van der Waals surface area contributed by atoms with E-state index in [1.807, 2.05) is 0 Å². The standard InChI is InChI=1S/C21H20O6.C4H6O4/c1-26-20-11-14(5-9-18(20)24)3-7-16(22)13-17(23)8-4-15-6-10-19(25)21(12-15)27-2;5-3(6)1-2-4(7)8/h3-12,24-25H,13H2,1-2H3;1-2H2,(H,5,6)(H,7,8)/b7-3+,8-4+;. The third-order valence-electron chi connectivity index (χ3n) is 4.23. The highest BCUT2D eigenvalue weighted by atomic mass is 16.5. The topological polar surface area (TPSA) is 168 Å². The van der Waals surface area contributed by atoms with Crippen LogP contribution in [0, 0.1) is 0 Å². The lowest BCUT2D eigenvalue weighted by atomic mass is 10.1. The van der Waals surface area contributed by atoms with E-state index in [0.717, 1.165) is 0 Å². The summed E-state index contributed by atoms with van der Waals surface area (Å²) >= 11 is 0. The van der Waals surface area contributed by atoms with Crippen molar-refractivity contribution >= 4 is 35.7 Å². The molecule has 0 aliphatic carbocycles. The van der Waals surface area contributed by atoms with Crippen LogP contribution in [0.25, 0.3) is 12.2 Å². The first-order valence-corrected chi connectivity index (χ1v) is 10.1. The van der Waals surface area contributed by atoms with E-state index in [-0.39, 0.29) is 42.3 Å². The molecule has 4 N–H and O–H groups in total. The van der Waals surface area contributed by atoms with Crippen LogP contribution in [-0.4, -0.2) is 58.2 Å². The van der Waals surface area contributed by atoms with Gasteiger partial charge < -0.3 is 29.9 Å². The molecule has 0 bridgehead atoms. The van der Waals surface area contributed by atoms with Gasteiger partial charge in [0.2, 0.25) is 0 Å². The van der Waals surface area contributed by atoms with Crippen molar-refractivity contribution in [3.63, 3.8) is 0 Å². The second kappa shape index (κ2) is 14.5. The Labute approximate surface area is 201 Å². The van der Waals surface area contributed by atoms with Gasteiger partial charge in [0.15, 0.2) is 34.6 Å². The normalized spacial score (nSPS) is 10.5. The third-order valence-corrected chi connectivity index (χ3v) is 4.23. The molecule has 10 nitrogen and oxygen atoms in total. The molecule has 10 heteroatoms. The average molecular weight is 486 g/mol. The predicted octanol–water partition coefficient (Wildman–Crippen LogP) is 3.31. The van der Waals surface area contributed by atoms with Gasteiger partial charge in [-0.15, -0.1) is 0 Å². The van der Waals surface area contributed by atoms with Crippen LogP contribution < -0.4 is 9.47 Å². The van der Waals surface area contributed by atoms with Crippen LogP contribution in [0.1, 0.15) is 30.4 Å². The number of aromatic hydroxyl groups is 2. The van der Waals surface area contributed by atoms with E-state index < -0.39 is 11.9 Å². The van der Waals surface area contributed by atoms with E-state index >= 15 is 0 Å². The van der Waals surface area contributed by atoms with E-state index in [2.05, 4.69) is 0 Å². The van der Waals surface area contributed by atoms with Crippen LogP contribution in [0.2, 0.25) is 0 Å². The summed E-state index contributed by atoms with van der Waals surface area (Å²) in [5.74, 6) is -2.24. The zero-order chi connectivity index (χ0) is 26.4. The zero-order valence-electron chi connectivity index (χ0n) is 19.1. The largest absolute Gasteiger partial charge is 0.504 e. The molecule has 0 unspecified atom stereocenters. The average Bonchev–Trinajstić information content (AvgIpc) is 2.82. The quantitative estimate of drug-likeness (QED) is 0.273. The molecule has 186 valence electrons. The van der Waals surface area contributed by atoms with Crippen LogP contribution in [0.3, 0.4) is 0 Å². The highest BCUT2D eigenvalue weighted by molar-refractivity contribution is 6.10. The van der Waals surface area contributed by atoms with Crippen molar-refractivity contribution in [2.24, 2.45) is 0 Å². The molecule has 2 rings (SSSR count). The Morgan fingerprint density at radius 3 is 1.40 bits per heavy atom. The van der Waals surface area contributed by atoms with Crippen molar-refractivity contribution in [3.8, 4) is 23.0 Å². The molecule has 0 saturated carbocycles. The summed E-state index contributed by atoms with van der Waals surface area (Å²) in [7, 11) is 2.87. The Bertz CT molecular complexity index is 1030. The predicted molar refractivity (Wildman–Crippen MR) is 127 cm³/mol. The number of allylic oxidation sites excluding steroid dienone is 2. The Kier molecular flexibility index (Phi) is 11.8. The molecule has 0 aliphatic rings. The van der Waals surface area contributed by atoms with Gasteiger partial charge in [0, 0.05) is 0 Å². The molecule has 2 aromatic rings. The van der Waals surface area contributed by atoms with Gasteiger partial charge in [-0.2, -0.15) is 0 Å². The zero-order valence-corrected chi connectivity index (χ0v) is 19.1. The smallest absolute Gasteiger partial charge is 0.303 e. The summed E-state index contributed by atoms with van der Waals surface area (Å²) in [5.41, 5.74) is 1.33. The first-order chi connectivity index (χ1) is 16.5. The Balaban J connectivity index is 0.000000658. The molecule has 0 saturated heterocycles. The molecular formula is C25H26O10. The molecule has 0 fully saturated rings. The van der Waals surface area contributed by atoms with E-state index in [1.54, 1.807) is 36.4 Å². The SMILES string of the molecule is COc1cc(/C=C/C(=O)CC(=O)/C=C/c2ccc(O)c(OC)c2)ccc1O.O=C(O)CCC(=O)O. The number of phenols is 2. The lowest BCUT2D eigenvalue weighted by Crippen LogP contribution is -2.01. The van der Waals surface area contributed by atoms with Gasteiger partial charge in [0.05, 0.1) is 33.5 Å². The van der Waals surface area contributed by atoms with Crippen molar-refractivity contribution in [1.82, 2.24) is 0 Å². The first kappa shape index (κ1) is 28.4. The molecule has 0 heterocycles. The van der Waals surface area contributed by atoms with Crippen molar-refractivity contribution < 1.29 is 49.1 Å². The number of hydrogen-bond donors (Lipinski definition) is 4. The molecule has 2 aromatic carbocycles. The molecule has 0 aliphatic heterocycles. The molecule has 0 aromatic heterocycles. The number of ketones is 2. The maximum Gasteiger partial charge on any atom is 0.303 e. The molecule has 0 spiro atoms. The molecular weight excluding hydrogens is 460 g/mol. The second-order valence-electron chi connectivity index (χ2n) is 6.93. The summed E-state index contributed by atoms with van der Waals surface area (Å²) in [6.45, 7) is 0. The third kappa shape index (κ3) is 11.2. The number of carboxylic acids is 2. The van der Waals surface area contributed by atoms with Crippen LogP contribution in [0.15, 0.2) is 48.6 Å². The number of carbonyl (C=O) groups is 4. The lowest BCUT2D eigenvalue weighted by molar-refractivity contribution is -0.143. The maximum atomic E-state index is 11.9. The van der Waals surface area contributed by atoms with Gasteiger partial charge in [0.1, 0.15) is 0 Å². The monoisotopic (exact) mass is 486 g/mol. The number of ether oxygens (including phenoxy) is 2. The Morgan fingerprint density at radius 1 is 0.714 bits per heavy atom. The number of methoxy groups -OCH3 is 2. The second-order valence-corrected chi connectivity index (χ2v) is 6.93. The van der Waals surface area contributed by atoms with E-state index in [1.165, 1.54) is 38.5 Å². The van der Waals surface area contributed by atoms with E-state index in [0.29, 0.717) is 22.6 Å². The van der Waals surface area contributed by atoms with Crippen molar-refractivity contribution in [2.75, 3.05) is 14.2 Å². The molecule has 0 atom stereocenters. The number of rotatable bonds is 11. The fourth-order valence-electron chi connectivity index (χ4n) is 2.48. The van der Waals surface area contributed by atoms with Crippen molar-refractivity contribution in [1.29, 1.82) is 0 Å². The lowest BCUT2D eigenvalue weighted by Gasteiger charge is -2.03. The van der Waals surface area contributed by atoms with E-state index in [4.69, 9.17) is 19.7 Å². The van der Waals surface area contributed by atoms with Gasteiger partial charge in [-0.3, -0.25) is 19.2 Å². The number of aliphatic carboxylic acids is 2. The minimum absolute atomic E-state index is 0.00662. The molecule has 35 heavy (non-hydrogen) atoms. The fraction of sp³-hybridized carbons (Fsp3) is 0.200. The van der Waals surface area contributed by atoms with Crippen LogP contribution in [0.4, 0.5) is 0 Å². The number of phenolic OH excluding ortho intramolecular Hbond substituents is 2. The van der Waals surface area contributed by atoms with Gasteiger partial charge in [-0.25, -0.2) is 0 Å². The number of hydrogen-bond acceptors (Lipinski definition) is 8. The minimum Gasteiger partial charge on any atom is -0.504 e. The van der Waals surface area contributed by atoms with Gasteiger partial charge >= 0.3 is 11.9 Å². The Hall–Kier alpha value is -4.60. The van der Waals surface area contributed by atoms with Gasteiger partial charge in [-0.05, 0) is 47.5 Å². The minimum atomic E-state index is -1.08. The van der Waals surface area contributed by atoms with E-state index in [9.17, 15) is 29.4 Å². The molecule has 0 amide bonds. The summed E-state index contributed by atoms with van der Waals surface area (Å²) in [6.07, 6.45) is 4.85. The maximum absolute atomic E-state index is 11.9.